The number of carbonyl (C=O) groups is 2. The second-order valence-electron chi connectivity index (χ2n) is 4.22. The summed E-state index contributed by atoms with van der Waals surface area (Å²) >= 11 is 0. The van der Waals surface area contributed by atoms with Gasteiger partial charge in [0.25, 0.3) is 0 Å². The molecule has 1 heterocycles. The zero-order valence-corrected chi connectivity index (χ0v) is 11.8. The van der Waals surface area contributed by atoms with Crippen molar-refractivity contribution in [2.75, 3.05) is 13.7 Å². The summed E-state index contributed by atoms with van der Waals surface area (Å²) in [5.74, 6) is -0.773. The Morgan fingerprint density at radius 1 is 1.00 bits per heavy atom. The Bertz CT molecular complexity index is 632. The molecule has 0 atom stereocenters. The summed E-state index contributed by atoms with van der Waals surface area (Å²) in [7, 11) is 1.34. The lowest BCUT2D eigenvalue weighted by Gasteiger charge is -2.04. The first-order valence-corrected chi connectivity index (χ1v) is 6.47. The summed E-state index contributed by atoms with van der Waals surface area (Å²) in [4.78, 5) is 27.1. The lowest BCUT2D eigenvalue weighted by molar-refractivity contribution is 0.0525. The summed E-state index contributed by atoms with van der Waals surface area (Å²) in [6.45, 7) is 2.08. The molecule has 108 valence electrons. The number of pyridine rings is 1. The van der Waals surface area contributed by atoms with E-state index >= 15 is 0 Å². The first kappa shape index (κ1) is 14.7. The number of esters is 2. The molecule has 1 aromatic heterocycles. The molecule has 0 aliphatic rings. The van der Waals surface area contributed by atoms with Crippen LogP contribution in [0, 0.1) is 0 Å². The molecular formula is C16H15NO4. The molecule has 2 rings (SSSR count). The summed E-state index contributed by atoms with van der Waals surface area (Å²) in [6.07, 6.45) is 1.47. The van der Waals surface area contributed by atoms with E-state index in [4.69, 9.17) is 4.74 Å². The molecule has 0 bridgehead atoms. The average molecular weight is 285 g/mol. The smallest absolute Gasteiger partial charge is 0.339 e. The number of methoxy groups -OCH3 is 1. The fourth-order valence-corrected chi connectivity index (χ4v) is 1.79. The highest BCUT2D eigenvalue weighted by molar-refractivity contribution is 5.90. The molecule has 0 radical (unpaired) electrons. The van der Waals surface area contributed by atoms with Gasteiger partial charge in [0.05, 0.1) is 30.5 Å². The third-order valence-electron chi connectivity index (χ3n) is 2.88. The van der Waals surface area contributed by atoms with E-state index in [2.05, 4.69) is 9.72 Å². The fourth-order valence-electron chi connectivity index (χ4n) is 1.79. The van der Waals surface area contributed by atoms with Crippen molar-refractivity contribution in [3.8, 4) is 11.3 Å². The molecule has 0 unspecified atom stereocenters. The molecule has 0 aliphatic heterocycles. The van der Waals surface area contributed by atoms with Crippen molar-refractivity contribution in [3.63, 3.8) is 0 Å². The summed E-state index contributed by atoms with van der Waals surface area (Å²) in [5, 5.41) is 0. The Kier molecular flexibility index (Phi) is 4.66. The van der Waals surface area contributed by atoms with Gasteiger partial charge in [0, 0.05) is 11.8 Å². The molecule has 0 fully saturated rings. The van der Waals surface area contributed by atoms with Crippen LogP contribution in [0.1, 0.15) is 27.6 Å². The molecule has 2 aromatic rings. The summed E-state index contributed by atoms with van der Waals surface area (Å²) in [6, 6.07) is 10.3. The van der Waals surface area contributed by atoms with Crippen molar-refractivity contribution in [2.24, 2.45) is 0 Å². The molecule has 0 aliphatic carbocycles. The number of ether oxygens (including phenoxy) is 2. The molecule has 0 spiro atoms. The van der Waals surface area contributed by atoms with Crippen LogP contribution >= 0.6 is 0 Å². The molecular weight excluding hydrogens is 270 g/mol. The van der Waals surface area contributed by atoms with E-state index in [9.17, 15) is 9.59 Å². The molecule has 21 heavy (non-hydrogen) atoms. The highest BCUT2D eigenvalue weighted by Crippen LogP contribution is 2.18. The first-order valence-electron chi connectivity index (χ1n) is 6.47. The van der Waals surface area contributed by atoms with Crippen LogP contribution < -0.4 is 0 Å². The quantitative estimate of drug-likeness (QED) is 0.808. The highest BCUT2D eigenvalue weighted by Gasteiger charge is 2.09. The van der Waals surface area contributed by atoms with Crippen LogP contribution in [0.5, 0.6) is 0 Å². The zero-order chi connectivity index (χ0) is 15.2. The van der Waals surface area contributed by atoms with E-state index in [0.29, 0.717) is 23.4 Å². The van der Waals surface area contributed by atoms with Gasteiger partial charge in [-0.05, 0) is 31.2 Å². The van der Waals surface area contributed by atoms with E-state index in [1.807, 2.05) is 0 Å². The van der Waals surface area contributed by atoms with Crippen molar-refractivity contribution >= 4 is 11.9 Å². The van der Waals surface area contributed by atoms with Crippen molar-refractivity contribution in [1.29, 1.82) is 0 Å². The van der Waals surface area contributed by atoms with E-state index in [-0.39, 0.29) is 5.97 Å². The van der Waals surface area contributed by atoms with Crippen molar-refractivity contribution < 1.29 is 19.1 Å². The Morgan fingerprint density at radius 2 is 1.67 bits per heavy atom. The van der Waals surface area contributed by atoms with Gasteiger partial charge in [-0.15, -0.1) is 0 Å². The minimum Gasteiger partial charge on any atom is -0.465 e. The molecule has 0 N–H and O–H groups in total. The zero-order valence-electron chi connectivity index (χ0n) is 11.8. The average Bonchev–Trinajstić information content (AvgIpc) is 2.54. The second-order valence-corrected chi connectivity index (χ2v) is 4.22. The number of nitrogens with zero attached hydrogens (tertiary/aromatic N) is 1. The topological polar surface area (TPSA) is 65.5 Å². The normalized spacial score (nSPS) is 10.0. The third kappa shape index (κ3) is 3.45. The number of benzene rings is 1. The van der Waals surface area contributed by atoms with Crippen molar-refractivity contribution in [1.82, 2.24) is 4.98 Å². The Hall–Kier alpha value is -2.69. The van der Waals surface area contributed by atoms with E-state index in [0.717, 1.165) is 5.56 Å². The van der Waals surface area contributed by atoms with E-state index < -0.39 is 5.97 Å². The highest BCUT2D eigenvalue weighted by atomic mass is 16.5. The van der Waals surface area contributed by atoms with Gasteiger partial charge in [-0.3, -0.25) is 4.98 Å². The minimum atomic E-state index is -0.391. The Balaban J connectivity index is 2.19. The van der Waals surface area contributed by atoms with Gasteiger partial charge in [-0.25, -0.2) is 9.59 Å². The van der Waals surface area contributed by atoms with Crippen molar-refractivity contribution in [2.45, 2.75) is 6.92 Å². The largest absolute Gasteiger partial charge is 0.465 e. The molecule has 0 saturated carbocycles. The third-order valence-corrected chi connectivity index (χ3v) is 2.88. The predicted molar refractivity (Wildman–Crippen MR) is 77.0 cm³/mol. The van der Waals surface area contributed by atoms with Crippen LogP contribution in [0.4, 0.5) is 0 Å². The van der Waals surface area contributed by atoms with Crippen LogP contribution in [-0.2, 0) is 9.47 Å². The maximum Gasteiger partial charge on any atom is 0.339 e. The maximum atomic E-state index is 11.5. The van der Waals surface area contributed by atoms with Gasteiger partial charge in [-0.2, -0.15) is 0 Å². The Morgan fingerprint density at radius 3 is 2.19 bits per heavy atom. The number of hydrogen-bond donors (Lipinski definition) is 0. The first-order chi connectivity index (χ1) is 10.2. The van der Waals surface area contributed by atoms with Gasteiger partial charge in [0.15, 0.2) is 0 Å². The minimum absolute atomic E-state index is 0.329. The van der Waals surface area contributed by atoms with Crippen LogP contribution in [-0.4, -0.2) is 30.6 Å². The number of aromatic nitrogens is 1. The lowest BCUT2D eigenvalue weighted by atomic mass is 10.1. The predicted octanol–water partition coefficient (Wildman–Crippen LogP) is 2.71. The monoisotopic (exact) mass is 285 g/mol. The van der Waals surface area contributed by atoms with Crippen LogP contribution in [0.2, 0.25) is 0 Å². The van der Waals surface area contributed by atoms with Crippen molar-refractivity contribution in [3.05, 3.63) is 53.7 Å². The van der Waals surface area contributed by atoms with Crippen LogP contribution in [0.3, 0.4) is 0 Å². The van der Waals surface area contributed by atoms with E-state index in [1.165, 1.54) is 13.3 Å². The van der Waals surface area contributed by atoms with Crippen LogP contribution in [0.15, 0.2) is 42.6 Å². The second kappa shape index (κ2) is 6.65. The molecule has 5 heteroatoms. The summed E-state index contributed by atoms with van der Waals surface area (Å²) < 4.78 is 9.54. The Labute approximate surface area is 122 Å². The number of carbonyl (C=O) groups excluding carboxylic acids is 2. The standard InChI is InChI=1S/C16H15NO4/c1-3-21-16(19)13-8-9-14(17-10-13)11-4-6-12(7-5-11)15(18)20-2/h4-10H,3H2,1-2H3. The van der Waals surface area contributed by atoms with Crippen LogP contribution in [0.25, 0.3) is 11.3 Å². The molecule has 5 nitrogen and oxygen atoms in total. The number of hydrogen-bond acceptors (Lipinski definition) is 5. The van der Waals surface area contributed by atoms with Gasteiger partial charge in [0.1, 0.15) is 0 Å². The van der Waals surface area contributed by atoms with Gasteiger partial charge < -0.3 is 9.47 Å². The van der Waals surface area contributed by atoms with Gasteiger partial charge in [-0.1, -0.05) is 12.1 Å². The van der Waals surface area contributed by atoms with E-state index in [1.54, 1.807) is 43.3 Å². The maximum absolute atomic E-state index is 11.5. The lowest BCUT2D eigenvalue weighted by Crippen LogP contribution is -2.05. The summed E-state index contributed by atoms with van der Waals surface area (Å²) in [5.41, 5.74) is 2.44. The molecule has 1 aromatic carbocycles. The molecule has 0 saturated heterocycles. The fraction of sp³-hybridized carbons (Fsp3) is 0.188. The van der Waals surface area contributed by atoms with Gasteiger partial charge >= 0.3 is 11.9 Å². The number of rotatable bonds is 4. The van der Waals surface area contributed by atoms with Gasteiger partial charge in [0.2, 0.25) is 0 Å². The SMILES string of the molecule is CCOC(=O)c1ccc(-c2ccc(C(=O)OC)cc2)nc1. The molecule has 0 amide bonds.